The van der Waals surface area contributed by atoms with E-state index >= 15 is 0 Å². The summed E-state index contributed by atoms with van der Waals surface area (Å²) in [7, 11) is 0. The first-order valence-electron chi connectivity index (χ1n) is 12.3. The lowest BCUT2D eigenvalue weighted by Gasteiger charge is -2.23. The number of ether oxygens (including phenoxy) is 1. The maximum atomic E-state index is 13.0. The average molecular weight is 465 g/mol. The zero-order valence-corrected chi connectivity index (χ0v) is 19.6. The number of para-hydroxylation sites is 1. The summed E-state index contributed by atoms with van der Waals surface area (Å²) in [6.07, 6.45) is 6.12. The van der Waals surface area contributed by atoms with Crippen LogP contribution in [0.2, 0.25) is 0 Å². The molecule has 6 nitrogen and oxygen atoms in total. The highest BCUT2D eigenvalue weighted by Gasteiger charge is 2.32. The summed E-state index contributed by atoms with van der Waals surface area (Å²) in [5.41, 5.74) is 4.29. The fourth-order valence-electron chi connectivity index (χ4n) is 4.37. The van der Waals surface area contributed by atoms with Crippen LogP contribution in [0.3, 0.4) is 0 Å². The van der Waals surface area contributed by atoms with Crippen molar-refractivity contribution in [3.05, 3.63) is 84.7 Å². The SMILES string of the molecule is O=C(COc1ccccc1)N(Cc1cccc(-c2ccc3ncnc(NC4CC4)c3c2)c1)C1CC1. The molecule has 0 atom stereocenters. The van der Waals surface area contributed by atoms with Crippen LogP contribution in [0, 0.1) is 0 Å². The van der Waals surface area contributed by atoms with Crippen LogP contribution in [-0.2, 0) is 11.3 Å². The van der Waals surface area contributed by atoms with Gasteiger partial charge in [-0.3, -0.25) is 4.79 Å². The van der Waals surface area contributed by atoms with Gasteiger partial charge in [-0.05, 0) is 72.7 Å². The van der Waals surface area contributed by atoms with E-state index in [0.29, 0.717) is 18.6 Å². The van der Waals surface area contributed by atoms with Crippen molar-refractivity contribution >= 4 is 22.6 Å². The standard InChI is InChI=1S/C29H28N4O2/c34-28(18-35-25-7-2-1-3-8-25)33(24-12-13-24)17-20-5-4-6-21(15-20)22-9-14-27-26(16-22)29(31-19-30-27)32-23-10-11-23/h1-9,14-16,19,23-24H,10-13,17-18H2,(H,30,31,32). The molecule has 0 radical (unpaired) electrons. The van der Waals surface area contributed by atoms with E-state index in [2.05, 4.69) is 57.7 Å². The van der Waals surface area contributed by atoms with E-state index in [9.17, 15) is 4.79 Å². The minimum absolute atomic E-state index is 0.0282. The monoisotopic (exact) mass is 464 g/mol. The van der Waals surface area contributed by atoms with Crippen molar-refractivity contribution < 1.29 is 9.53 Å². The molecule has 2 aliphatic rings. The Morgan fingerprint density at radius 2 is 1.74 bits per heavy atom. The van der Waals surface area contributed by atoms with Gasteiger partial charge in [-0.1, -0.05) is 42.5 Å². The Morgan fingerprint density at radius 1 is 0.914 bits per heavy atom. The summed E-state index contributed by atoms with van der Waals surface area (Å²) < 4.78 is 5.73. The number of hydrogen-bond donors (Lipinski definition) is 1. The molecule has 2 aliphatic carbocycles. The number of carbonyl (C=O) groups is 1. The highest BCUT2D eigenvalue weighted by atomic mass is 16.5. The molecule has 1 heterocycles. The molecule has 176 valence electrons. The summed E-state index contributed by atoms with van der Waals surface area (Å²) in [5.74, 6) is 1.65. The Bertz CT molecular complexity index is 1350. The molecule has 0 saturated heterocycles. The molecule has 0 unspecified atom stereocenters. The van der Waals surface area contributed by atoms with Gasteiger partial charge in [-0.2, -0.15) is 0 Å². The van der Waals surface area contributed by atoms with E-state index in [-0.39, 0.29) is 12.5 Å². The molecule has 35 heavy (non-hydrogen) atoms. The van der Waals surface area contributed by atoms with Gasteiger partial charge in [0.05, 0.1) is 5.52 Å². The summed E-state index contributed by atoms with van der Waals surface area (Å²) in [4.78, 5) is 23.9. The van der Waals surface area contributed by atoms with Crippen LogP contribution < -0.4 is 10.1 Å². The minimum Gasteiger partial charge on any atom is -0.484 e. The van der Waals surface area contributed by atoms with Gasteiger partial charge in [0, 0.05) is 24.0 Å². The molecular formula is C29H28N4O2. The quantitative estimate of drug-likeness (QED) is 0.357. The van der Waals surface area contributed by atoms with Gasteiger partial charge < -0.3 is 15.0 Å². The average Bonchev–Trinajstić information content (AvgIpc) is 3.82. The number of benzene rings is 3. The largest absolute Gasteiger partial charge is 0.484 e. The fraction of sp³-hybridized carbons (Fsp3) is 0.276. The van der Waals surface area contributed by atoms with Crippen molar-refractivity contribution in [2.45, 2.75) is 44.3 Å². The van der Waals surface area contributed by atoms with Gasteiger partial charge in [0.25, 0.3) is 5.91 Å². The lowest BCUT2D eigenvalue weighted by molar-refractivity contribution is -0.134. The third-order valence-corrected chi connectivity index (χ3v) is 6.58. The highest BCUT2D eigenvalue weighted by Crippen LogP contribution is 2.32. The normalized spacial score (nSPS) is 15.1. The predicted octanol–water partition coefficient (Wildman–Crippen LogP) is 5.44. The summed E-state index contributed by atoms with van der Waals surface area (Å²) in [6.45, 7) is 0.641. The zero-order valence-electron chi connectivity index (χ0n) is 19.6. The second-order valence-electron chi connectivity index (χ2n) is 9.43. The number of nitrogens with one attached hydrogen (secondary N) is 1. The van der Waals surface area contributed by atoms with Crippen LogP contribution in [0.15, 0.2) is 79.1 Å². The number of amides is 1. The van der Waals surface area contributed by atoms with E-state index in [1.54, 1.807) is 6.33 Å². The van der Waals surface area contributed by atoms with Crippen LogP contribution in [0.5, 0.6) is 5.75 Å². The van der Waals surface area contributed by atoms with Gasteiger partial charge >= 0.3 is 0 Å². The first kappa shape index (κ1) is 21.6. The van der Waals surface area contributed by atoms with Gasteiger partial charge in [-0.25, -0.2) is 9.97 Å². The molecule has 1 aromatic heterocycles. The molecule has 0 bridgehead atoms. The molecule has 0 aliphatic heterocycles. The molecular weight excluding hydrogens is 436 g/mol. The van der Waals surface area contributed by atoms with Crippen LogP contribution in [0.4, 0.5) is 5.82 Å². The van der Waals surface area contributed by atoms with Crippen molar-refractivity contribution in [2.75, 3.05) is 11.9 Å². The number of nitrogens with zero attached hydrogens (tertiary/aromatic N) is 3. The fourth-order valence-corrected chi connectivity index (χ4v) is 4.37. The third kappa shape index (κ3) is 5.11. The number of hydrogen-bond acceptors (Lipinski definition) is 5. The maximum Gasteiger partial charge on any atom is 0.261 e. The van der Waals surface area contributed by atoms with E-state index in [1.165, 1.54) is 12.8 Å². The van der Waals surface area contributed by atoms with E-state index in [4.69, 9.17) is 4.74 Å². The van der Waals surface area contributed by atoms with Gasteiger partial charge in [0.2, 0.25) is 0 Å². The maximum absolute atomic E-state index is 13.0. The third-order valence-electron chi connectivity index (χ3n) is 6.58. The lowest BCUT2D eigenvalue weighted by Crippen LogP contribution is -2.36. The van der Waals surface area contributed by atoms with Crippen LogP contribution >= 0.6 is 0 Å². The van der Waals surface area contributed by atoms with Crippen molar-refractivity contribution in [3.8, 4) is 16.9 Å². The van der Waals surface area contributed by atoms with Crippen molar-refractivity contribution in [3.63, 3.8) is 0 Å². The summed E-state index contributed by atoms with van der Waals surface area (Å²) in [6, 6.07) is 25.1. The molecule has 1 N–H and O–H groups in total. The molecule has 2 saturated carbocycles. The van der Waals surface area contributed by atoms with Crippen LogP contribution in [-0.4, -0.2) is 39.5 Å². The number of rotatable bonds is 9. The summed E-state index contributed by atoms with van der Waals surface area (Å²) >= 11 is 0. The zero-order chi connectivity index (χ0) is 23.6. The molecule has 6 heteroatoms. The molecule has 4 aromatic rings. The van der Waals surface area contributed by atoms with Crippen molar-refractivity contribution in [1.29, 1.82) is 0 Å². The summed E-state index contributed by atoms with van der Waals surface area (Å²) in [5, 5.41) is 4.56. The first-order valence-corrected chi connectivity index (χ1v) is 12.3. The van der Waals surface area contributed by atoms with E-state index in [1.807, 2.05) is 35.2 Å². The predicted molar refractivity (Wildman–Crippen MR) is 137 cm³/mol. The molecule has 1 amide bonds. The molecule has 3 aromatic carbocycles. The van der Waals surface area contributed by atoms with Crippen molar-refractivity contribution in [1.82, 2.24) is 14.9 Å². The topological polar surface area (TPSA) is 67.3 Å². The Kier molecular flexibility index (Phi) is 5.78. The van der Waals surface area contributed by atoms with Crippen molar-refractivity contribution in [2.24, 2.45) is 0 Å². The van der Waals surface area contributed by atoms with Gasteiger partial charge in [0.1, 0.15) is 17.9 Å². The number of carbonyl (C=O) groups excluding carboxylic acids is 1. The Balaban J connectivity index is 1.21. The minimum atomic E-state index is 0.0282. The number of anilines is 1. The molecule has 0 spiro atoms. The lowest BCUT2D eigenvalue weighted by atomic mass is 10.0. The molecule has 6 rings (SSSR count). The number of aromatic nitrogens is 2. The van der Waals surface area contributed by atoms with Gasteiger partial charge in [-0.15, -0.1) is 0 Å². The van der Waals surface area contributed by atoms with Crippen LogP contribution in [0.25, 0.3) is 22.0 Å². The molecule has 2 fully saturated rings. The van der Waals surface area contributed by atoms with Gasteiger partial charge in [0.15, 0.2) is 6.61 Å². The Hall–Kier alpha value is -3.93. The Morgan fingerprint density at radius 3 is 2.54 bits per heavy atom. The van der Waals surface area contributed by atoms with Crippen LogP contribution in [0.1, 0.15) is 31.2 Å². The first-order chi connectivity index (χ1) is 17.2. The second kappa shape index (κ2) is 9.37. The van der Waals surface area contributed by atoms with E-state index < -0.39 is 0 Å². The van der Waals surface area contributed by atoms with E-state index in [0.717, 1.165) is 52.0 Å². The smallest absolute Gasteiger partial charge is 0.261 e. The second-order valence-corrected chi connectivity index (χ2v) is 9.43. The highest BCUT2D eigenvalue weighted by molar-refractivity contribution is 5.92. The number of fused-ring (bicyclic) bond motifs is 1. The Labute approximate surface area is 205 Å².